The molecule has 12 heteroatoms. The molecule has 8 rings (SSSR count). The maximum absolute atomic E-state index is 8.70. The van der Waals surface area contributed by atoms with Gasteiger partial charge < -0.3 is 29.8 Å². The first kappa shape index (κ1) is 39.7. The van der Waals surface area contributed by atoms with Crippen LogP contribution in [0.25, 0.3) is 0 Å². The maximum atomic E-state index is 8.70. The van der Waals surface area contributed by atoms with Gasteiger partial charge >= 0.3 is 42.1 Å². The summed E-state index contributed by atoms with van der Waals surface area (Å²) in [5.41, 5.74) is 5.91. The fourth-order valence-electron chi connectivity index (χ4n) is 4.76. The first-order valence-corrected chi connectivity index (χ1v) is 15.1. The summed E-state index contributed by atoms with van der Waals surface area (Å²) in [6, 6.07) is 40.5. The van der Waals surface area contributed by atoms with E-state index < -0.39 is 0 Å². The van der Waals surface area contributed by atoms with Gasteiger partial charge in [0.15, 0.2) is 0 Å². The number of hydrogen-bond acceptors (Lipinski definition) is 10. The average molecular weight is 1030 g/mol. The van der Waals surface area contributed by atoms with E-state index in [1.54, 1.807) is 24.3 Å². The Morgan fingerprint density at radius 1 is 0.540 bits per heavy atom. The van der Waals surface area contributed by atoms with Crippen LogP contribution in [0.2, 0.25) is 0 Å². The Hall–Kier alpha value is -4.78. The van der Waals surface area contributed by atoms with Crippen molar-refractivity contribution in [2.24, 2.45) is 0 Å². The van der Waals surface area contributed by atoms with Crippen LogP contribution in [-0.4, -0.2) is 44.2 Å². The van der Waals surface area contributed by atoms with Crippen molar-refractivity contribution in [3.05, 3.63) is 158 Å². The summed E-state index contributed by atoms with van der Waals surface area (Å²) in [7, 11) is 4.03. The van der Waals surface area contributed by atoms with Crippen molar-refractivity contribution in [3.63, 3.8) is 0 Å². The molecule has 6 heterocycles. The molecule has 2 aliphatic rings. The Kier molecular flexibility index (Phi) is 15.4. The van der Waals surface area contributed by atoms with E-state index >= 15 is 0 Å². The SMILES string of the molecule is CN1[CH-]N(c2[c-]cccc2)c2ncccc21.CN1[CH-]N(c2[c-]cccc2)c2ncccc21.Cc1cccc(O)n1.Cc1cccc(O)n1.[Pt+2].[Pt+2]. The average Bonchev–Trinajstić information content (AvgIpc) is 3.63. The van der Waals surface area contributed by atoms with Crippen molar-refractivity contribution in [1.82, 2.24) is 19.9 Å². The van der Waals surface area contributed by atoms with Gasteiger partial charge in [0.1, 0.15) is 11.6 Å². The maximum Gasteiger partial charge on any atom is 2.00 e. The van der Waals surface area contributed by atoms with Crippen LogP contribution in [0, 0.1) is 39.3 Å². The minimum absolute atomic E-state index is 0. The van der Waals surface area contributed by atoms with Gasteiger partial charge in [-0.25, -0.2) is 19.9 Å². The first-order valence-electron chi connectivity index (χ1n) is 15.1. The monoisotopic (exact) mass is 1030 g/mol. The molecule has 2 aromatic carbocycles. The summed E-state index contributed by atoms with van der Waals surface area (Å²) in [6.45, 7) is 7.70. The molecule has 10 nitrogen and oxygen atoms in total. The third-order valence-electron chi connectivity index (χ3n) is 6.98. The third kappa shape index (κ3) is 10.6. The van der Waals surface area contributed by atoms with Crippen LogP contribution in [0.4, 0.5) is 34.4 Å². The second kappa shape index (κ2) is 19.4. The molecule has 0 saturated carbocycles. The van der Waals surface area contributed by atoms with Gasteiger partial charge in [-0.3, -0.25) is 0 Å². The molecule has 260 valence electrons. The smallest absolute Gasteiger partial charge is 0.502 e. The number of aromatic nitrogens is 4. The number of pyridine rings is 4. The Balaban J connectivity index is 0.000000187. The molecule has 6 aromatic rings. The predicted molar refractivity (Wildman–Crippen MR) is 190 cm³/mol. The van der Waals surface area contributed by atoms with Crippen LogP contribution >= 0.6 is 0 Å². The largest absolute Gasteiger partial charge is 2.00 e. The van der Waals surface area contributed by atoms with E-state index in [0.29, 0.717) is 0 Å². The Morgan fingerprint density at radius 3 is 1.28 bits per heavy atom. The van der Waals surface area contributed by atoms with E-state index in [1.165, 1.54) is 0 Å². The summed E-state index contributed by atoms with van der Waals surface area (Å²) >= 11 is 0. The molecule has 0 spiro atoms. The normalized spacial score (nSPS) is 11.9. The molecule has 2 aliphatic heterocycles. The summed E-state index contributed by atoms with van der Waals surface area (Å²) in [5, 5.41) is 17.4. The summed E-state index contributed by atoms with van der Waals surface area (Å²) in [6.07, 6.45) is 3.61. The molecule has 4 aromatic heterocycles. The van der Waals surface area contributed by atoms with Crippen LogP contribution < -0.4 is 19.6 Å². The van der Waals surface area contributed by atoms with Crippen molar-refractivity contribution in [2.45, 2.75) is 13.8 Å². The van der Waals surface area contributed by atoms with Crippen LogP contribution in [0.15, 0.2) is 122 Å². The molecule has 0 amide bonds. The van der Waals surface area contributed by atoms with E-state index in [4.69, 9.17) is 10.2 Å². The van der Waals surface area contributed by atoms with Crippen molar-refractivity contribution in [1.29, 1.82) is 0 Å². The molecular formula is C38H36N8O2Pt2. The van der Waals surface area contributed by atoms with E-state index in [2.05, 4.69) is 54.0 Å². The number of para-hydroxylation sites is 2. The molecule has 50 heavy (non-hydrogen) atoms. The molecule has 0 aliphatic carbocycles. The van der Waals surface area contributed by atoms with Crippen molar-refractivity contribution >= 4 is 34.4 Å². The van der Waals surface area contributed by atoms with Gasteiger partial charge in [0.25, 0.3) is 0 Å². The van der Waals surface area contributed by atoms with E-state index in [-0.39, 0.29) is 53.9 Å². The van der Waals surface area contributed by atoms with E-state index in [0.717, 1.165) is 45.8 Å². The Morgan fingerprint density at radius 2 is 0.960 bits per heavy atom. The molecule has 0 atom stereocenters. The summed E-state index contributed by atoms with van der Waals surface area (Å²) < 4.78 is 0. The quantitative estimate of drug-likeness (QED) is 0.171. The fraction of sp³-hybridized carbons (Fsp3) is 0.105. The van der Waals surface area contributed by atoms with Crippen LogP contribution in [0.3, 0.4) is 0 Å². The summed E-state index contributed by atoms with van der Waals surface area (Å²) in [4.78, 5) is 24.5. The molecule has 0 radical (unpaired) electrons. The van der Waals surface area contributed by atoms with Gasteiger partial charge in [0, 0.05) is 47.3 Å². The number of aryl methyl sites for hydroxylation is 2. The van der Waals surface area contributed by atoms with E-state index in [9.17, 15) is 0 Å². The number of hydrogen-bond donors (Lipinski definition) is 2. The second-order valence-corrected chi connectivity index (χ2v) is 10.7. The van der Waals surface area contributed by atoms with Gasteiger partial charge in [-0.1, -0.05) is 12.1 Å². The van der Waals surface area contributed by atoms with Crippen molar-refractivity contribution in [3.8, 4) is 11.8 Å². The Labute approximate surface area is 322 Å². The van der Waals surface area contributed by atoms with Crippen LogP contribution in [0.5, 0.6) is 11.8 Å². The minimum Gasteiger partial charge on any atom is -0.502 e. The summed E-state index contributed by atoms with van der Waals surface area (Å²) in [5.74, 6) is 2.08. The van der Waals surface area contributed by atoms with E-state index in [1.807, 2.05) is 136 Å². The number of rotatable bonds is 2. The first-order chi connectivity index (χ1) is 23.3. The van der Waals surface area contributed by atoms with Gasteiger partial charge in [-0.2, -0.15) is 74.0 Å². The van der Waals surface area contributed by atoms with Gasteiger partial charge in [-0.05, 0) is 64.3 Å². The number of fused-ring (bicyclic) bond motifs is 2. The zero-order chi connectivity index (χ0) is 33.9. The van der Waals surface area contributed by atoms with Crippen LogP contribution in [0.1, 0.15) is 11.4 Å². The zero-order valence-corrected chi connectivity index (χ0v) is 32.4. The molecule has 0 unspecified atom stereocenters. The fourth-order valence-corrected chi connectivity index (χ4v) is 4.76. The van der Waals surface area contributed by atoms with Gasteiger partial charge in [-0.15, -0.1) is 11.4 Å². The molecular weight excluding hydrogens is 991 g/mol. The van der Waals surface area contributed by atoms with Crippen molar-refractivity contribution < 1.29 is 52.3 Å². The molecule has 0 bridgehead atoms. The number of aromatic hydroxyl groups is 2. The third-order valence-corrected chi connectivity index (χ3v) is 6.98. The number of benzene rings is 2. The molecule has 0 saturated heterocycles. The standard InChI is InChI=1S/2C13H11N3.2C6H7NO.2Pt/c2*1-15-10-16(11-6-3-2-4-7-11)13-12(15)8-5-9-14-13;2*1-5-3-2-4-6(8)7-5;;/h2*2-6,8-10H,1H3;2*2-4H,1H3,(H,7,8);;/q2*-2;;;2*+2. The molecule has 0 fully saturated rings. The number of nitrogens with zero attached hydrogens (tertiary/aromatic N) is 8. The number of anilines is 6. The minimum atomic E-state index is 0. The predicted octanol–water partition coefficient (Wildman–Crippen LogP) is 7.36. The van der Waals surface area contributed by atoms with Gasteiger partial charge in [0.05, 0.1) is 0 Å². The topological polar surface area (TPSA) is 105 Å². The van der Waals surface area contributed by atoms with Crippen molar-refractivity contribution in [2.75, 3.05) is 33.7 Å². The van der Waals surface area contributed by atoms with Gasteiger partial charge in [0.2, 0.25) is 11.8 Å². The molecule has 2 N–H and O–H groups in total. The Bertz CT molecular complexity index is 1730. The van der Waals surface area contributed by atoms with Crippen LogP contribution in [-0.2, 0) is 42.1 Å². The zero-order valence-electron chi connectivity index (χ0n) is 27.8. The second-order valence-electron chi connectivity index (χ2n) is 10.7.